The molecule has 1 aliphatic rings. The van der Waals surface area contributed by atoms with Crippen LogP contribution in [0, 0.1) is 10.1 Å². The lowest BCUT2D eigenvalue weighted by atomic mass is 10.2. The molecule has 1 unspecified atom stereocenters. The number of nitrogens with two attached hydrogens (primary N) is 1. The number of rotatable bonds is 2. The number of nitrogen functional groups attached to an aromatic ring is 1. The Morgan fingerprint density at radius 2 is 2.41 bits per heavy atom. The van der Waals surface area contributed by atoms with Gasteiger partial charge in [-0.3, -0.25) is 14.9 Å². The number of amides is 1. The molecular weight excluding hydrogens is 226 g/mol. The highest BCUT2D eigenvalue weighted by Crippen LogP contribution is 2.27. The summed E-state index contributed by atoms with van der Waals surface area (Å²) in [5, 5.41) is 10.5. The number of hydrogen-bond acceptors (Lipinski definition) is 5. The van der Waals surface area contributed by atoms with Gasteiger partial charge < -0.3 is 15.1 Å². The molecule has 0 spiro atoms. The molecule has 0 saturated carbocycles. The Morgan fingerprint density at radius 3 is 2.88 bits per heavy atom. The lowest BCUT2D eigenvalue weighted by molar-refractivity contribution is -0.401. The largest absolute Gasteiger partial charge is 0.435 e. The molecule has 1 aliphatic heterocycles. The van der Waals surface area contributed by atoms with Crippen molar-refractivity contribution in [3.8, 4) is 0 Å². The highest BCUT2D eigenvalue weighted by Gasteiger charge is 2.30. The quantitative estimate of drug-likeness (QED) is 0.620. The van der Waals surface area contributed by atoms with Gasteiger partial charge in [0.25, 0.3) is 5.91 Å². The normalized spacial score (nSPS) is 19.6. The minimum atomic E-state index is -0.708. The predicted molar refractivity (Wildman–Crippen MR) is 59.5 cm³/mol. The number of hydrogen-bond donors (Lipinski definition) is 1. The van der Waals surface area contributed by atoms with Crippen LogP contribution in [0.15, 0.2) is 10.5 Å². The molecule has 7 heteroatoms. The summed E-state index contributed by atoms with van der Waals surface area (Å²) >= 11 is 0. The van der Waals surface area contributed by atoms with Gasteiger partial charge in [-0.05, 0) is 19.8 Å². The van der Waals surface area contributed by atoms with Crippen LogP contribution in [-0.4, -0.2) is 28.3 Å². The Balaban J connectivity index is 2.27. The van der Waals surface area contributed by atoms with Crippen LogP contribution in [0.25, 0.3) is 0 Å². The Morgan fingerprint density at radius 1 is 1.71 bits per heavy atom. The Labute approximate surface area is 97.3 Å². The zero-order chi connectivity index (χ0) is 12.6. The van der Waals surface area contributed by atoms with Crippen LogP contribution in [0.3, 0.4) is 0 Å². The molecule has 1 saturated heterocycles. The van der Waals surface area contributed by atoms with E-state index in [2.05, 4.69) is 0 Å². The van der Waals surface area contributed by atoms with Gasteiger partial charge in [0.05, 0.1) is 6.07 Å². The van der Waals surface area contributed by atoms with Crippen LogP contribution in [0.2, 0.25) is 0 Å². The van der Waals surface area contributed by atoms with Crippen molar-refractivity contribution in [2.45, 2.75) is 25.8 Å². The van der Waals surface area contributed by atoms with Gasteiger partial charge in [-0.2, -0.15) is 0 Å². The smallest absolute Gasteiger partial charge is 0.384 e. The van der Waals surface area contributed by atoms with Crippen molar-refractivity contribution in [3.05, 3.63) is 21.7 Å². The van der Waals surface area contributed by atoms with Gasteiger partial charge in [-0.15, -0.1) is 0 Å². The highest BCUT2D eigenvalue weighted by atomic mass is 16.6. The summed E-state index contributed by atoms with van der Waals surface area (Å²) in [6.07, 6.45) is 1.87. The van der Waals surface area contributed by atoms with E-state index < -0.39 is 10.8 Å². The summed E-state index contributed by atoms with van der Waals surface area (Å²) in [6, 6.07) is 1.22. The minimum Gasteiger partial charge on any atom is -0.384 e. The number of likely N-dealkylation sites (tertiary alicyclic amines) is 1. The fraction of sp³-hybridized carbons (Fsp3) is 0.500. The van der Waals surface area contributed by atoms with E-state index in [1.165, 1.54) is 0 Å². The van der Waals surface area contributed by atoms with Crippen LogP contribution >= 0.6 is 0 Å². The Bertz CT molecular complexity index is 468. The van der Waals surface area contributed by atoms with Crippen LogP contribution < -0.4 is 5.73 Å². The zero-order valence-corrected chi connectivity index (χ0v) is 9.38. The average Bonchev–Trinajstić information content (AvgIpc) is 2.83. The molecule has 1 fully saturated rings. The number of nitro groups is 1. The van der Waals surface area contributed by atoms with E-state index in [4.69, 9.17) is 10.2 Å². The van der Waals surface area contributed by atoms with Crippen LogP contribution in [0.1, 0.15) is 30.1 Å². The summed E-state index contributed by atoms with van der Waals surface area (Å²) in [6.45, 7) is 2.59. The summed E-state index contributed by atoms with van der Waals surface area (Å²) in [5.41, 5.74) is 5.55. The third-order valence-electron chi connectivity index (χ3n) is 2.97. The lowest BCUT2D eigenvalue weighted by Crippen LogP contribution is -2.33. The first-order chi connectivity index (χ1) is 8.00. The first-order valence-corrected chi connectivity index (χ1v) is 5.35. The average molecular weight is 239 g/mol. The number of furan rings is 1. The molecule has 17 heavy (non-hydrogen) atoms. The fourth-order valence-corrected chi connectivity index (χ4v) is 2.04. The molecule has 1 atom stereocenters. The summed E-state index contributed by atoms with van der Waals surface area (Å²) in [7, 11) is 0. The molecule has 0 bridgehead atoms. The molecule has 7 nitrogen and oxygen atoms in total. The third-order valence-corrected chi connectivity index (χ3v) is 2.97. The van der Waals surface area contributed by atoms with Gasteiger partial charge in [0, 0.05) is 12.6 Å². The van der Waals surface area contributed by atoms with Crippen molar-refractivity contribution in [1.29, 1.82) is 0 Å². The number of carbonyl (C=O) groups excluding carboxylic acids is 1. The van der Waals surface area contributed by atoms with Gasteiger partial charge >= 0.3 is 5.88 Å². The van der Waals surface area contributed by atoms with Gasteiger partial charge in [0.15, 0.2) is 0 Å². The van der Waals surface area contributed by atoms with Crippen molar-refractivity contribution < 1.29 is 14.1 Å². The number of nitrogens with zero attached hydrogens (tertiary/aromatic N) is 2. The summed E-state index contributed by atoms with van der Waals surface area (Å²) in [5.74, 6) is -0.997. The maximum absolute atomic E-state index is 12.1. The second-order valence-corrected chi connectivity index (χ2v) is 4.11. The van der Waals surface area contributed by atoms with E-state index in [0.29, 0.717) is 6.54 Å². The van der Waals surface area contributed by atoms with Crippen molar-refractivity contribution in [2.75, 3.05) is 12.3 Å². The Hall–Kier alpha value is -2.05. The van der Waals surface area contributed by atoms with Gasteiger partial charge in [0.2, 0.25) is 5.88 Å². The molecule has 2 rings (SSSR count). The molecule has 2 N–H and O–H groups in total. The molecule has 1 amide bonds. The predicted octanol–water partition coefficient (Wildman–Crippen LogP) is 1.39. The second-order valence-electron chi connectivity index (χ2n) is 4.11. The van der Waals surface area contributed by atoms with Crippen LogP contribution in [0.5, 0.6) is 0 Å². The highest BCUT2D eigenvalue weighted by molar-refractivity contribution is 5.99. The number of carbonyl (C=O) groups is 1. The molecule has 0 aliphatic carbocycles. The van der Waals surface area contributed by atoms with E-state index in [1.807, 2.05) is 6.92 Å². The van der Waals surface area contributed by atoms with E-state index in [9.17, 15) is 14.9 Å². The second kappa shape index (κ2) is 4.08. The van der Waals surface area contributed by atoms with E-state index in [0.717, 1.165) is 18.9 Å². The molecule has 1 aromatic rings. The van der Waals surface area contributed by atoms with E-state index in [-0.39, 0.29) is 23.4 Å². The summed E-state index contributed by atoms with van der Waals surface area (Å²) in [4.78, 5) is 23.5. The van der Waals surface area contributed by atoms with Crippen molar-refractivity contribution >= 4 is 17.7 Å². The summed E-state index contributed by atoms with van der Waals surface area (Å²) < 4.78 is 4.72. The van der Waals surface area contributed by atoms with Gasteiger partial charge in [0.1, 0.15) is 10.5 Å². The zero-order valence-electron chi connectivity index (χ0n) is 9.38. The standard InChI is InChI=1S/C10H13N3O4/c1-6-3-2-4-12(6)10(14)7-5-8(13(15)16)17-9(7)11/h5-6H,2-4,11H2,1H3. The first kappa shape index (κ1) is 11.4. The van der Waals surface area contributed by atoms with Crippen LogP contribution in [-0.2, 0) is 0 Å². The van der Waals surface area contributed by atoms with E-state index in [1.54, 1.807) is 4.90 Å². The number of anilines is 1. The third kappa shape index (κ3) is 1.95. The molecule has 0 radical (unpaired) electrons. The molecule has 2 heterocycles. The van der Waals surface area contributed by atoms with Crippen molar-refractivity contribution in [3.63, 3.8) is 0 Å². The maximum Gasteiger partial charge on any atom is 0.435 e. The van der Waals surface area contributed by atoms with Crippen LogP contribution in [0.4, 0.5) is 11.8 Å². The monoisotopic (exact) mass is 239 g/mol. The van der Waals surface area contributed by atoms with Gasteiger partial charge in [-0.1, -0.05) is 0 Å². The Kier molecular flexibility index (Phi) is 2.74. The SMILES string of the molecule is CC1CCCN1C(=O)c1cc([N+](=O)[O-])oc1N. The topological polar surface area (TPSA) is 103 Å². The molecule has 92 valence electrons. The first-order valence-electron chi connectivity index (χ1n) is 5.35. The minimum absolute atomic E-state index is 0.0745. The lowest BCUT2D eigenvalue weighted by Gasteiger charge is -2.20. The van der Waals surface area contributed by atoms with E-state index >= 15 is 0 Å². The van der Waals surface area contributed by atoms with Crippen molar-refractivity contribution in [2.24, 2.45) is 0 Å². The van der Waals surface area contributed by atoms with Gasteiger partial charge in [-0.25, -0.2) is 0 Å². The maximum atomic E-state index is 12.1. The molecular formula is C10H13N3O4. The van der Waals surface area contributed by atoms with Crippen molar-refractivity contribution in [1.82, 2.24) is 4.90 Å². The molecule has 0 aromatic carbocycles. The molecule has 1 aromatic heterocycles. The fourth-order valence-electron chi connectivity index (χ4n) is 2.04.